The molecule has 0 aromatic rings. The molecule has 4 heteroatoms. The van der Waals surface area contributed by atoms with Crippen LogP contribution in [0.2, 0.25) is 0 Å². The molecule has 1 amide bonds. The molecule has 0 heterocycles. The van der Waals surface area contributed by atoms with Crippen molar-refractivity contribution in [1.82, 2.24) is 17.6 Å². The van der Waals surface area contributed by atoms with E-state index in [1.165, 1.54) is 0 Å². The van der Waals surface area contributed by atoms with Gasteiger partial charge >= 0.3 is 0 Å². The number of rotatable bonds is 3. The van der Waals surface area contributed by atoms with Crippen LogP contribution in [-0.2, 0) is 4.79 Å². The lowest BCUT2D eigenvalue weighted by Crippen LogP contribution is -2.23. The van der Waals surface area contributed by atoms with E-state index in [2.05, 4.69) is 18.5 Å². The van der Waals surface area contributed by atoms with Gasteiger partial charge < -0.3 is 17.6 Å². The molecule has 0 saturated heterocycles. The SMILES string of the molecule is C=CCNC(=O)C(=C)C.N.N. The summed E-state index contributed by atoms with van der Waals surface area (Å²) in [6, 6.07) is 0. The average Bonchev–Trinajstić information content (AvgIpc) is 1.82. The molecule has 0 atom stereocenters. The quantitative estimate of drug-likeness (QED) is 0.426. The van der Waals surface area contributed by atoms with Gasteiger partial charge in [-0.1, -0.05) is 12.7 Å². The zero-order chi connectivity index (χ0) is 7.28. The number of hydrogen-bond donors (Lipinski definition) is 3. The third-order valence-corrected chi connectivity index (χ3v) is 0.795. The first-order chi connectivity index (χ1) is 4.18. The predicted molar refractivity (Wildman–Crippen MR) is 48.1 cm³/mol. The summed E-state index contributed by atoms with van der Waals surface area (Å²) < 4.78 is 0. The number of hydrogen-bond acceptors (Lipinski definition) is 3. The van der Waals surface area contributed by atoms with Crippen molar-refractivity contribution in [3.63, 3.8) is 0 Å². The molecule has 0 bridgehead atoms. The van der Waals surface area contributed by atoms with E-state index >= 15 is 0 Å². The first-order valence-electron chi connectivity index (χ1n) is 2.73. The van der Waals surface area contributed by atoms with Crippen LogP contribution in [0.25, 0.3) is 0 Å². The van der Waals surface area contributed by atoms with E-state index in [-0.39, 0.29) is 18.2 Å². The van der Waals surface area contributed by atoms with Gasteiger partial charge in [0, 0.05) is 12.1 Å². The van der Waals surface area contributed by atoms with Gasteiger partial charge in [-0.15, -0.1) is 6.58 Å². The summed E-state index contributed by atoms with van der Waals surface area (Å²) in [5, 5.41) is 2.58. The van der Waals surface area contributed by atoms with Gasteiger partial charge in [-0.2, -0.15) is 0 Å². The van der Waals surface area contributed by atoms with E-state index in [9.17, 15) is 4.79 Å². The van der Waals surface area contributed by atoms with Crippen LogP contribution in [0.1, 0.15) is 6.92 Å². The Labute approximate surface area is 67.5 Å². The normalized spacial score (nSPS) is 6.64. The summed E-state index contributed by atoms with van der Waals surface area (Å²) in [5.74, 6) is -0.116. The molecule has 0 rings (SSSR count). The van der Waals surface area contributed by atoms with Crippen molar-refractivity contribution in [3.8, 4) is 0 Å². The van der Waals surface area contributed by atoms with E-state index in [0.717, 1.165) is 0 Å². The van der Waals surface area contributed by atoms with Gasteiger partial charge in [0.1, 0.15) is 0 Å². The molecular weight excluding hydrogens is 142 g/mol. The topological polar surface area (TPSA) is 99.1 Å². The maximum absolute atomic E-state index is 10.6. The average molecular weight is 159 g/mol. The summed E-state index contributed by atoms with van der Waals surface area (Å²) >= 11 is 0. The van der Waals surface area contributed by atoms with Crippen molar-refractivity contribution >= 4 is 5.91 Å². The van der Waals surface area contributed by atoms with Crippen LogP contribution in [0.3, 0.4) is 0 Å². The summed E-state index contributed by atoms with van der Waals surface area (Å²) in [5.41, 5.74) is 0.525. The molecule has 0 saturated carbocycles. The molecule has 0 aliphatic heterocycles. The van der Waals surface area contributed by atoms with Crippen molar-refractivity contribution in [3.05, 3.63) is 24.8 Å². The third kappa shape index (κ3) is 8.87. The summed E-state index contributed by atoms with van der Waals surface area (Å²) in [6.07, 6.45) is 1.63. The van der Waals surface area contributed by atoms with Gasteiger partial charge in [0.15, 0.2) is 0 Å². The van der Waals surface area contributed by atoms with Crippen molar-refractivity contribution in [2.45, 2.75) is 6.92 Å². The number of nitrogens with one attached hydrogen (secondary N) is 1. The Morgan fingerprint density at radius 2 is 2.00 bits per heavy atom. The van der Waals surface area contributed by atoms with Crippen LogP contribution in [0.5, 0.6) is 0 Å². The maximum Gasteiger partial charge on any atom is 0.246 e. The van der Waals surface area contributed by atoms with Gasteiger partial charge in [0.25, 0.3) is 0 Å². The second kappa shape index (κ2) is 8.87. The van der Waals surface area contributed by atoms with Crippen LogP contribution in [-0.4, -0.2) is 12.5 Å². The van der Waals surface area contributed by atoms with Crippen LogP contribution < -0.4 is 17.6 Å². The number of carbonyl (C=O) groups excluding carboxylic acids is 1. The minimum Gasteiger partial charge on any atom is -0.349 e. The molecule has 0 aliphatic carbocycles. The maximum atomic E-state index is 10.6. The van der Waals surface area contributed by atoms with Crippen molar-refractivity contribution in [1.29, 1.82) is 0 Å². The van der Waals surface area contributed by atoms with Gasteiger partial charge in [0.2, 0.25) is 5.91 Å². The van der Waals surface area contributed by atoms with E-state index in [1.807, 2.05) is 0 Å². The zero-order valence-electron chi connectivity index (χ0n) is 7.02. The summed E-state index contributed by atoms with van der Waals surface area (Å²) in [6.45, 7) is 9.08. The van der Waals surface area contributed by atoms with Crippen LogP contribution >= 0.6 is 0 Å². The molecule has 0 spiro atoms. The Hall–Kier alpha value is -1.13. The second-order valence-electron chi connectivity index (χ2n) is 1.78. The largest absolute Gasteiger partial charge is 0.349 e. The number of amides is 1. The van der Waals surface area contributed by atoms with E-state index in [4.69, 9.17) is 0 Å². The first kappa shape index (κ1) is 16.5. The molecule has 11 heavy (non-hydrogen) atoms. The lowest BCUT2D eigenvalue weighted by Gasteiger charge is -1.97. The molecule has 7 N–H and O–H groups in total. The van der Waals surface area contributed by atoms with Crippen LogP contribution in [0, 0.1) is 0 Å². The molecule has 0 aromatic heterocycles. The molecule has 0 aromatic carbocycles. The van der Waals surface area contributed by atoms with Crippen LogP contribution in [0.4, 0.5) is 0 Å². The Morgan fingerprint density at radius 1 is 1.55 bits per heavy atom. The van der Waals surface area contributed by atoms with E-state index in [0.29, 0.717) is 12.1 Å². The lowest BCUT2D eigenvalue weighted by molar-refractivity contribution is -0.117. The Balaban J connectivity index is -0.000000320. The highest BCUT2D eigenvalue weighted by Gasteiger charge is 1.95. The highest BCUT2D eigenvalue weighted by molar-refractivity contribution is 5.92. The van der Waals surface area contributed by atoms with Crippen molar-refractivity contribution in [2.75, 3.05) is 6.54 Å². The molecule has 0 unspecified atom stereocenters. The van der Waals surface area contributed by atoms with Crippen molar-refractivity contribution in [2.24, 2.45) is 0 Å². The highest BCUT2D eigenvalue weighted by Crippen LogP contribution is 1.83. The highest BCUT2D eigenvalue weighted by atomic mass is 16.1. The Kier molecular flexibility index (Phi) is 13.3. The fourth-order valence-corrected chi connectivity index (χ4v) is 0.316. The Bertz CT molecular complexity index is 143. The Morgan fingerprint density at radius 3 is 2.27 bits per heavy atom. The van der Waals surface area contributed by atoms with Gasteiger partial charge in [-0.05, 0) is 6.92 Å². The third-order valence-electron chi connectivity index (χ3n) is 0.795. The fourth-order valence-electron chi connectivity index (χ4n) is 0.316. The van der Waals surface area contributed by atoms with E-state index < -0.39 is 0 Å². The zero-order valence-corrected chi connectivity index (χ0v) is 7.02. The van der Waals surface area contributed by atoms with Gasteiger partial charge in [-0.25, -0.2) is 0 Å². The summed E-state index contributed by atoms with van der Waals surface area (Å²) in [7, 11) is 0. The second-order valence-corrected chi connectivity index (χ2v) is 1.78. The monoisotopic (exact) mass is 159 g/mol. The summed E-state index contributed by atoms with van der Waals surface area (Å²) in [4.78, 5) is 10.6. The van der Waals surface area contributed by atoms with Crippen LogP contribution in [0.15, 0.2) is 24.8 Å². The molecule has 66 valence electrons. The molecule has 0 aliphatic rings. The standard InChI is InChI=1S/C7H11NO.2H3N/c1-4-5-8-7(9)6(2)3;;/h4H,1-2,5H2,3H3,(H,8,9);2*1H3. The van der Waals surface area contributed by atoms with Crippen molar-refractivity contribution < 1.29 is 4.79 Å². The van der Waals surface area contributed by atoms with Gasteiger partial charge in [-0.3, -0.25) is 4.79 Å². The lowest BCUT2D eigenvalue weighted by atomic mass is 10.3. The van der Waals surface area contributed by atoms with Gasteiger partial charge in [0.05, 0.1) is 0 Å². The molecular formula is C7H17N3O. The van der Waals surface area contributed by atoms with E-state index in [1.54, 1.807) is 13.0 Å². The molecule has 4 nitrogen and oxygen atoms in total. The minimum atomic E-state index is -0.116. The molecule has 0 fully saturated rings. The minimum absolute atomic E-state index is 0. The smallest absolute Gasteiger partial charge is 0.246 e. The molecule has 0 radical (unpaired) electrons. The fraction of sp³-hybridized carbons (Fsp3) is 0.286. The first-order valence-corrected chi connectivity index (χ1v) is 2.73. The predicted octanol–water partition coefficient (Wildman–Crippen LogP) is 1.19. The number of carbonyl (C=O) groups is 1.